The van der Waals surface area contributed by atoms with Crippen LogP contribution in [0.25, 0.3) is 0 Å². The summed E-state index contributed by atoms with van der Waals surface area (Å²) in [6.07, 6.45) is -0.352. The number of carbonyl (C=O) groups is 1. The van der Waals surface area contributed by atoms with Gasteiger partial charge in [-0.2, -0.15) is 0 Å². The van der Waals surface area contributed by atoms with Gasteiger partial charge in [0.25, 0.3) is 0 Å². The first-order chi connectivity index (χ1) is 4.45. The Morgan fingerprint density at radius 1 is 1.55 bits per heavy atom. The minimum Gasteiger partial charge on any atom is -1.00 e. The Balaban J connectivity index is -0.000000405. The van der Waals surface area contributed by atoms with E-state index in [0.717, 1.165) is 0 Å². The number of ether oxygens (including phenoxy) is 1. The first-order valence-electron chi connectivity index (χ1n) is 3.40. The van der Waals surface area contributed by atoms with Crippen molar-refractivity contribution in [3.05, 3.63) is 0 Å². The standard InChI is InChI=1S/C7H15NO2.Na.H/c1-5-10-6(9)8-7(2,3)4;;/h5H2,1-4H3,(H,8,9);;/q;+1;-1. The van der Waals surface area contributed by atoms with Crippen LogP contribution in [-0.4, -0.2) is 18.2 Å². The number of hydrogen-bond donors (Lipinski definition) is 1. The fourth-order valence-electron chi connectivity index (χ4n) is 0.473. The minimum atomic E-state index is -0.352. The van der Waals surface area contributed by atoms with Crippen molar-refractivity contribution < 1.29 is 40.5 Å². The van der Waals surface area contributed by atoms with E-state index in [1.165, 1.54) is 0 Å². The number of rotatable bonds is 1. The van der Waals surface area contributed by atoms with E-state index in [9.17, 15) is 4.79 Å². The molecule has 0 saturated carbocycles. The predicted octanol–water partition coefficient (Wildman–Crippen LogP) is -1.35. The molecule has 11 heavy (non-hydrogen) atoms. The SMILES string of the molecule is CCOC(=O)NC(C)(C)C.[H-].[Na+]. The topological polar surface area (TPSA) is 38.3 Å². The number of carbonyl (C=O) groups excluding carboxylic acids is 1. The maximum Gasteiger partial charge on any atom is 1.00 e. The van der Waals surface area contributed by atoms with Crippen molar-refractivity contribution in [2.75, 3.05) is 6.61 Å². The molecule has 0 bridgehead atoms. The maximum absolute atomic E-state index is 10.7. The second-order valence-corrected chi connectivity index (χ2v) is 3.10. The predicted molar refractivity (Wildman–Crippen MR) is 41.0 cm³/mol. The number of amides is 1. The van der Waals surface area contributed by atoms with Crippen LogP contribution in [0.15, 0.2) is 0 Å². The van der Waals surface area contributed by atoms with Crippen LogP contribution >= 0.6 is 0 Å². The normalized spacial score (nSPS) is 9.82. The minimum absolute atomic E-state index is 0. The van der Waals surface area contributed by atoms with Crippen LogP contribution in [0.3, 0.4) is 0 Å². The van der Waals surface area contributed by atoms with Gasteiger partial charge >= 0.3 is 35.7 Å². The van der Waals surface area contributed by atoms with E-state index in [0.29, 0.717) is 6.61 Å². The third-order valence-electron chi connectivity index (χ3n) is 0.752. The molecule has 0 aliphatic carbocycles. The quantitative estimate of drug-likeness (QED) is 0.493. The van der Waals surface area contributed by atoms with Gasteiger partial charge in [-0.05, 0) is 27.7 Å². The Kier molecular flexibility index (Phi) is 7.37. The molecule has 0 atom stereocenters. The molecule has 0 spiro atoms. The van der Waals surface area contributed by atoms with E-state index >= 15 is 0 Å². The Morgan fingerprint density at radius 2 is 2.00 bits per heavy atom. The summed E-state index contributed by atoms with van der Waals surface area (Å²) in [5, 5.41) is 2.66. The van der Waals surface area contributed by atoms with Gasteiger partial charge in [-0.1, -0.05) is 0 Å². The molecule has 0 aromatic heterocycles. The first-order valence-corrected chi connectivity index (χ1v) is 3.40. The molecule has 62 valence electrons. The van der Waals surface area contributed by atoms with Crippen LogP contribution in [-0.2, 0) is 4.74 Å². The fraction of sp³-hybridized carbons (Fsp3) is 0.857. The molecule has 0 aromatic carbocycles. The van der Waals surface area contributed by atoms with Crippen LogP contribution < -0.4 is 34.9 Å². The number of hydrogen-bond acceptors (Lipinski definition) is 2. The smallest absolute Gasteiger partial charge is 1.00 e. The van der Waals surface area contributed by atoms with Gasteiger partial charge in [0.1, 0.15) is 0 Å². The van der Waals surface area contributed by atoms with Crippen LogP contribution in [0.1, 0.15) is 29.1 Å². The molecule has 0 aliphatic heterocycles. The molecule has 4 heteroatoms. The van der Waals surface area contributed by atoms with Crippen molar-refractivity contribution in [2.24, 2.45) is 0 Å². The molecular formula is C7H16NNaO2. The van der Waals surface area contributed by atoms with Crippen molar-refractivity contribution in [1.29, 1.82) is 0 Å². The first kappa shape index (κ1) is 13.8. The molecule has 0 unspecified atom stereocenters. The Labute approximate surface area is 91.7 Å². The van der Waals surface area contributed by atoms with E-state index in [2.05, 4.69) is 10.1 Å². The monoisotopic (exact) mass is 169 g/mol. The van der Waals surface area contributed by atoms with Gasteiger partial charge in [0, 0.05) is 5.54 Å². The van der Waals surface area contributed by atoms with Crippen LogP contribution in [0.4, 0.5) is 4.79 Å². The van der Waals surface area contributed by atoms with Gasteiger partial charge in [-0.3, -0.25) is 0 Å². The molecule has 1 amide bonds. The average Bonchev–Trinajstić information content (AvgIpc) is 1.59. The summed E-state index contributed by atoms with van der Waals surface area (Å²) in [6.45, 7) is 7.92. The summed E-state index contributed by atoms with van der Waals surface area (Å²) in [6, 6.07) is 0. The van der Waals surface area contributed by atoms with Gasteiger partial charge in [0.15, 0.2) is 0 Å². The van der Waals surface area contributed by atoms with Crippen LogP contribution in [0, 0.1) is 0 Å². The maximum atomic E-state index is 10.7. The van der Waals surface area contributed by atoms with Crippen LogP contribution in [0.2, 0.25) is 0 Å². The van der Waals surface area contributed by atoms with Gasteiger partial charge < -0.3 is 11.5 Å². The zero-order valence-corrected chi connectivity index (χ0v) is 10.0. The van der Waals surface area contributed by atoms with Gasteiger partial charge in [-0.15, -0.1) is 0 Å². The summed E-state index contributed by atoms with van der Waals surface area (Å²) in [4.78, 5) is 10.7. The Bertz CT molecular complexity index is 125. The number of alkyl carbamates (subject to hydrolysis) is 1. The molecular weight excluding hydrogens is 153 g/mol. The largest absolute Gasteiger partial charge is 1.00 e. The molecule has 0 radical (unpaired) electrons. The summed E-state index contributed by atoms with van der Waals surface area (Å²) in [5.41, 5.74) is -0.202. The third kappa shape index (κ3) is 10.3. The Hall–Kier alpha value is 0.270. The molecule has 3 nitrogen and oxygen atoms in total. The summed E-state index contributed by atoms with van der Waals surface area (Å²) >= 11 is 0. The Morgan fingerprint density at radius 3 is 2.27 bits per heavy atom. The summed E-state index contributed by atoms with van der Waals surface area (Å²) in [5.74, 6) is 0. The third-order valence-corrected chi connectivity index (χ3v) is 0.752. The molecule has 0 rings (SSSR count). The van der Waals surface area contributed by atoms with Gasteiger partial charge in [0.2, 0.25) is 0 Å². The molecule has 0 heterocycles. The molecule has 0 aromatic rings. The van der Waals surface area contributed by atoms with E-state index in [1.54, 1.807) is 6.92 Å². The van der Waals surface area contributed by atoms with E-state index in [1.807, 2.05) is 20.8 Å². The van der Waals surface area contributed by atoms with E-state index < -0.39 is 0 Å². The van der Waals surface area contributed by atoms with Gasteiger partial charge in [0.05, 0.1) is 6.61 Å². The summed E-state index contributed by atoms with van der Waals surface area (Å²) < 4.78 is 4.67. The van der Waals surface area contributed by atoms with Crippen molar-refractivity contribution in [3.63, 3.8) is 0 Å². The molecule has 1 N–H and O–H groups in total. The average molecular weight is 169 g/mol. The van der Waals surface area contributed by atoms with E-state index in [-0.39, 0.29) is 42.6 Å². The van der Waals surface area contributed by atoms with Crippen molar-refractivity contribution >= 4 is 6.09 Å². The fourth-order valence-corrected chi connectivity index (χ4v) is 0.473. The summed E-state index contributed by atoms with van der Waals surface area (Å²) in [7, 11) is 0. The second kappa shape index (κ2) is 5.86. The van der Waals surface area contributed by atoms with Crippen molar-refractivity contribution in [1.82, 2.24) is 5.32 Å². The zero-order valence-electron chi connectivity index (χ0n) is 9.02. The zero-order chi connectivity index (χ0) is 8.20. The van der Waals surface area contributed by atoms with Crippen LogP contribution in [0.5, 0.6) is 0 Å². The molecule has 0 fully saturated rings. The van der Waals surface area contributed by atoms with E-state index in [4.69, 9.17) is 0 Å². The molecule has 0 saturated heterocycles. The molecule has 0 aliphatic rings. The van der Waals surface area contributed by atoms with Crippen molar-refractivity contribution in [2.45, 2.75) is 33.2 Å². The van der Waals surface area contributed by atoms with Crippen molar-refractivity contribution in [3.8, 4) is 0 Å². The number of nitrogens with one attached hydrogen (secondary N) is 1. The van der Waals surface area contributed by atoms with Gasteiger partial charge in [-0.25, -0.2) is 4.79 Å². The second-order valence-electron chi connectivity index (χ2n) is 3.10.